The first-order valence-corrected chi connectivity index (χ1v) is 4.60. The van der Waals surface area contributed by atoms with E-state index >= 15 is 0 Å². The van der Waals surface area contributed by atoms with Crippen molar-refractivity contribution in [3.05, 3.63) is 0 Å². The van der Waals surface area contributed by atoms with Gasteiger partial charge < -0.3 is 9.84 Å². The van der Waals surface area contributed by atoms with Crippen LogP contribution in [0, 0.1) is 0 Å². The Balaban J connectivity index is 3.60. The molecule has 0 fully saturated rings. The Hall–Kier alpha value is -0.120. The number of hydrogen-bond donors (Lipinski definition) is 1. The highest BCUT2D eigenvalue weighted by Crippen LogP contribution is 2.02. The molecule has 0 aliphatic rings. The van der Waals surface area contributed by atoms with Crippen molar-refractivity contribution in [2.75, 3.05) is 33.4 Å². The van der Waals surface area contributed by atoms with E-state index in [4.69, 9.17) is 9.84 Å². The molecule has 0 amide bonds. The van der Waals surface area contributed by atoms with Crippen molar-refractivity contribution in [2.45, 2.75) is 26.3 Å². The minimum absolute atomic E-state index is 0.241. The van der Waals surface area contributed by atoms with E-state index in [1.165, 1.54) is 0 Å². The fourth-order valence-corrected chi connectivity index (χ4v) is 1.29. The number of ether oxygens (including phenoxy) is 1. The topological polar surface area (TPSA) is 32.7 Å². The summed E-state index contributed by atoms with van der Waals surface area (Å²) in [4.78, 5) is 2.25. The molecule has 0 aromatic rings. The molecule has 74 valence electrons. The number of aliphatic hydroxyl groups is 1. The third-order valence-electron chi connectivity index (χ3n) is 2.16. The average molecular weight is 175 g/mol. The summed E-state index contributed by atoms with van der Waals surface area (Å²) in [6.07, 6.45) is 1.03. The van der Waals surface area contributed by atoms with Gasteiger partial charge in [-0.05, 0) is 19.9 Å². The first-order chi connectivity index (χ1) is 5.76. The first kappa shape index (κ1) is 11.9. The van der Waals surface area contributed by atoms with Crippen LogP contribution in [0.1, 0.15) is 20.3 Å². The molecule has 0 aliphatic carbocycles. The fourth-order valence-electron chi connectivity index (χ4n) is 1.29. The number of methoxy groups -OCH3 is 1. The van der Waals surface area contributed by atoms with Crippen LogP contribution in [0.4, 0.5) is 0 Å². The summed E-state index contributed by atoms with van der Waals surface area (Å²) in [5.41, 5.74) is 0. The highest BCUT2D eigenvalue weighted by molar-refractivity contribution is 4.64. The maximum Gasteiger partial charge on any atom is 0.0558 e. The zero-order valence-corrected chi connectivity index (χ0v) is 8.42. The summed E-state index contributed by atoms with van der Waals surface area (Å²) in [5.74, 6) is 0. The molecule has 0 radical (unpaired) electrons. The third-order valence-corrected chi connectivity index (χ3v) is 2.16. The number of hydrogen-bond acceptors (Lipinski definition) is 3. The minimum atomic E-state index is 0.241. The second-order valence-electron chi connectivity index (χ2n) is 2.98. The lowest BCUT2D eigenvalue weighted by molar-refractivity contribution is 0.123. The van der Waals surface area contributed by atoms with Crippen LogP contribution in [0.3, 0.4) is 0 Å². The summed E-state index contributed by atoms with van der Waals surface area (Å²) >= 11 is 0. The third kappa shape index (κ3) is 4.70. The van der Waals surface area contributed by atoms with Gasteiger partial charge in [0.05, 0.1) is 6.61 Å². The smallest absolute Gasteiger partial charge is 0.0558 e. The second kappa shape index (κ2) is 7.53. The van der Waals surface area contributed by atoms with Crippen LogP contribution in [-0.2, 0) is 4.74 Å². The van der Waals surface area contributed by atoms with Crippen LogP contribution in [0.15, 0.2) is 0 Å². The molecule has 0 spiro atoms. The summed E-state index contributed by atoms with van der Waals surface area (Å²) < 4.78 is 5.00. The van der Waals surface area contributed by atoms with Crippen molar-refractivity contribution in [2.24, 2.45) is 0 Å². The Morgan fingerprint density at radius 1 is 1.50 bits per heavy atom. The zero-order chi connectivity index (χ0) is 9.40. The van der Waals surface area contributed by atoms with E-state index in [-0.39, 0.29) is 6.61 Å². The molecule has 0 aromatic heterocycles. The minimum Gasteiger partial charge on any atom is -0.395 e. The van der Waals surface area contributed by atoms with Gasteiger partial charge in [-0.1, -0.05) is 6.92 Å². The predicted molar refractivity (Wildman–Crippen MR) is 50.3 cm³/mol. The van der Waals surface area contributed by atoms with E-state index in [0.717, 1.165) is 26.1 Å². The van der Waals surface area contributed by atoms with Gasteiger partial charge >= 0.3 is 0 Å². The number of likely N-dealkylation sites (N-methyl/N-ethyl adjacent to an activating group) is 1. The molecule has 1 N–H and O–H groups in total. The van der Waals surface area contributed by atoms with Gasteiger partial charge in [0, 0.05) is 26.3 Å². The highest BCUT2D eigenvalue weighted by Gasteiger charge is 2.09. The number of aliphatic hydroxyl groups excluding tert-OH is 1. The van der Waals surface area contributed by atoms with Gasteiger partial charge in [0.2, 0.25) is 0 Å². The lowest BCUT2D eigenvalue weighted by Gasteiger charge is -2.26. The fraction of sp³-hybridized carbons (Fsp3) is 1.00. The summed E-state index contributed by atoms with van der Waals surface area (Å²) in [7, 11) is 1.72. The van der Waals surface area contributed by atoms with Crippen molar-refractivity contribution >= 4 is 0 Å². The molecule has 0 aromatic carbocycles. The van der Waals surface area contributed by atoms with Gasteiger partial charge in [-0.25, -0.2) is 0 Å². The van der Waals surface area contributed by atoms with Crippen LogP contribution in [-0.4, -0.2) is 49.5 Å². The van der Waals surface area contributed by atoms with E-state index in [9.17, 15) is 0 Å². The van der Waals surface area contributed by atoms with E-state index in [0.29, 0.717) is 6.04 Å². The van der Waals surface area contributed by atoms with Crippen LogP contribution >= 0.6 is 0 Å². The maximum atomic E-state index is 8.77. The summed E-state index contributed by atoms with van der Waals surface area (Å²) in [6.45, 7) is 7.07. The zero-order valence-electron chi connectivity index (χ0n) is 8.42. The van der Waals surface area contributed by atoms with Crippen molar-refractivity contribution in [3.8, 4) is 0 Å². The molecule has 0 heterocycles. The number of nitrogens with zero attached hydrogens (tertiary/aromatic N) is 1. The van der Waals surface area contributed by atoms with E-state index in [2.05, 4.69) is 18.7 Å². The highest BCUT2D eigenvalue weighted by atomic mass is 16.5. The standard InChI is InChI=1S/C9H21NO2/c1-4-10(6-7-11)9(2)5-8-12-3/h9,11H,4-8H2,1-3H3. The Morgan fingerprint density at radius 3 is 2.58 bits per heavy atom. The van der Waals surface area contributed by atoms with Crippen molar-refractivity contribution < 1.29 is 9.84 Å². The SMILES string of the molecule is CCN(CCO)C(C)CCOC. The molecule has 0 saturated carbocycles. The quantitative estimate of drug-likeness (QED) is 0.619. The van der Waals surface area contributed by atoms with Crippen LogP contribution in [0.2, 0.25) is 0 Å². The molecule has 3 heteroatoms. The summed E-state index contributed by atoms with van der Waals surface area (Å²) in [6, 6.07) is 0.502. The first-order valence-electron chi connectivity index (χ1n) is 4.60. The van der Waals surface area contributed by atoms with Gasteiger partial charge in [-0.3, -0.25) is 4.90 Å². The van der Waals surface area contributed by atoms with Gasteiger partial charge in [0.15, 0.2) is 0 Å². The van der Waals surface area contributed by atoms with Gasteiger partial charge in [0.25, 0.3) is 0 Å². The predicted octanol–water partition coefficient (Wildman–Crippen LogP) is 0.726. The monoisotopic (exact) mass is 175 g/mol. The Morgan fingerprint density at radius 2 is 2.17 bits per heavy atom. The van der Waals surface area contributed by atoms with E-state index < -0.39 is 0 Å². The Kier molecular flexibility index (Phi) is 7.45. The van der Waals surface area contributed by atoms with Gasteiger partial charge in [0.1, 0.15) is 0 Å². The van der Waals surface area contributed by atoms with E-state index in [1.54, 1.807) is 7.11 Å². The Bertz CT molecular complexity index is 98.5. The average Bonchev–Trinajstić information content (AvgIpc) is 2.10. The summed E-state index contributed by atoms with van der Waals surface area (Å²) in [5, 5.41) is 8.77. The van der Waals surface area contributed by atoms with Crippen LogP contribution in [0.25, 0.3) is 0 Å². The number of rotatable bonds is 7. The van der Waals surface area contributed by atoms with Crippen molar-refractivity contribution in [3.63, 3.8) is 0 Å². The second-order valence-corrected chi connectivity index (χ2v) is 2.98. The molecule has 0 bridgehead atoms. The van der Waals surface area contributed by atoms with Crippen LogP contribution in [0.5, 0.6) is 0 Å². The molecule has 0 saturated heterocycles. The normalized spacial score (nSPS) is 13.8. The van der Waals surface area contributed by atoms with E-state index in [1.807, 2.05) is 0 Å². The van der Waals surface area contributed by atoms with Crippen LogP contribution < -0.4 is 0 Å². The molecule has 3 nitrogen and oxygen atoms in total. The van der Waals surface area contributed by atoms with Crippen molar-refractivity contribution in [1.82, 2.24) is 4.90 Å². The molecule has 0 rings (SSSR count). The van der Waals surface area contributed by atoms with Gasteiger partial charge in [-0.2, -0.15) is 0 Å². The maximum absolute atomic E-state index is 8.77. The lowest BCUT2D eigenvalue weighted by atomic mass is 10.2. The molecule has 1 unspecified atom stereocenters. The molecule has 12 heavy (non-hydrogen) atoms. The van der Waals surface area contributed by atoms with Gasteiger partial charge in [-0.15, -0.1) is 0 Å². The lowest BCUT2D eigenvalue weighted by Crippen LogP contribution is -2.35. The largest absolute Gasteiger partial charge is 0.395 e. The molecule has 0 aliphatic heterocycles. The Labute approximate surface area is 75.3 Å². The molecular weight excluding hydrogens is 154 g/mol. The molecule has 1 atom stereocenters. The van der Waals surface area contributed by atoms with Crippen molar-refractivity contribution in [1.29, 1.82) is 0 Å². The molecular formula is C9H21NO2.